The molecule has 0 heterocycles. The van der Waals surface area contributed by atoms with Gasteiger partial charge in [-0.05, 0) is 37.5 Å². The van der Waals surface area contributed by atoms with Crippen LogP contribution in [0.3, 0.4) is 0 Å². The summed E-state index contributed by atoms with van der Waals surface area (Å²) in [6, 6.07) is 0. The molecular weight excluding hydrogens is 1160 g/mol. The summed E-state index contributed by atoms with van der Waals surface area (Å²) in [6.07, 6.45) is 46.8. The SMILES string of the molecule is CCCCCCCC(=O)OC[C@H](COP(=O)(O)OC[C@H](O)COP(=O)(O)OC[C@@H](COC(=O)CCCCCCCCCCCCCCCC(C)C)OC(=O)CCCCCCCCCCCCCCCCCCCCC(C)CC)OC(=O)CCCCCCC. The van der Waals surface area contributed by atoms with Crippen molar-refractivity contribution in [3.05, 3.63) is 0 Å². The van der Waals surface area contributed by atoms with Gasteiger partial charge in [-0.15, -0.1) is 0 Å². The third-order valence-corrected chi connectivity index (χ3v) is 18.2. The highest BCUT2D eigenvalue weighted by molar-refractivity contribution is 7.47. The molecule has 0 saturated carbocycles. The van der Waals surface area contributed by atoms with Crippen molar-refractivity contribution in [3.8, 4) is 0 Å². The van der Waals surface area contributed by atoms with Crippen LogP contribution in [0.15, 0.2) is 0 Å². The number of carbonyl (C=O) groups is 4. The molecule has 0 rings (SSSR count). The topological polar surface area (TPSA) is 237 Å². The molecule has 17 nitrogen and oxygen atoms in total. The maximum Gasteiger partial charge on any atom is 0.472 e. The highest BCUT2D eigenvalue weighted by atomic mass is 31.2. The molecule has 0 radical (unpaired) electrons. The molecule has 0 aromatic carbocycles. The second-order valence-corrected chi connectivity index (χ2v) is 28.5. The Hall–Kier alpha value is -1.94. The van der Waals surface area contributed by atoms with Crippen LogP contribution in [0.5, 0.6) is 0 Å². The van der Waals surface area contributed by atoms with Crippen LogP contribution in [0.25, 0.3) is 0 Å². The first-order chi connectivity index (χ1) is 42.4. The lowest BCUT2D eigenvalue weighted by molar-refractivity contribution is -0.161. The summed E-state index contributed by atoms with van der Waals surface area (Å²) in [5, 5.41) is 10.5. The largest absolute Gasteiger partial charge is 0.472 e. The van der Waals surface area contributed by atoms with Crippen molar-refractivity contribution >= 4 is 39.5 Å². The number of esters is 4. The van der Waals surface area contributed by atoms with Gasteiger partial charge in [0.15, 0.2) is 12.2 Å². The molecule has 0 amide bonds. The van der Waals surface area contributed by atoms with Crippen molar-refractivity contribution in [1.82, 2.24) is 0 Å². The van der Waals surface area contributed by atoms with Crippen molar-refractivity contribution in [1.29, 1.82) is 0 Å². The van der Waals surface area contributed by atoms with Gasteiger partial charge in [-0.2, -0.15) is 0 Å². The Balaban J connectivity index is 5.04. The number of hydrogen-bond acceptors (Lipinski definition) is 15. The van der Waals surface area contributed by atoms with E-state index in [4.69, 9.17) is 37.0 Å². The fourth-order valence-corrected chi connectivity index (χ4v) is 12.0. The molecule has 0 saturated heterocycles. The predicted molar refractivity (Wildman–Crippen MR) is 354 cm³/mol. The Morgan fingerprint density at radius 1 is 0.330 bits per heavy atom. The van der Waals surface area contributed by atoms with Crippen LogP contribution in [0.1, 0.15) is 350 Å². The van der Waals surface area contributed by atoms with Crippen molar-refractivity contribution < 1.29 is 80.2 Å². The second-order valence-electron chi connectivity index (χ2n) is 25.6. The number of unbranched alkanes of at least 4 members (excludes halogenated alkanes) is 37. The molecule has 3 unspecified atom stereocenters. The standard InChI is InChI=1S/C69H134O17P2/c1-7-10-12-37-45-51-66(71)79-57-64(85-68(73)53-47-38-13-11-8-2)59-83-87(75,76)81-55-63(70)56-82-88(77,78)84-60-65(58-80-67(72)52-46-41-35-31-27-24-20-21-25-29-33-39-43-49-61(4)5)86-69(74)54-48-42-36-32-28-23-19-17-15-14-16-18-22-26-30-34-40-44-50-62(6)9-3/h61-65,70H,7-60H2,1-6H3,(H,75,76)(H,77,78)/t62?,63-,64+,65+/m0/s1. The lowest BCUT2D eigenvalue weighted by Gasteiger charge is -2.21. The zero-order valence-electron chi connectivity index (χ0n) is 57.0. The molecule has 88 heavy (non-hydrogen) atoms. The van der Waals surface area contributed by atoms with E-state index < -0.39 is 97.5 Å². The van der Waals surface area contributed by atoms with Crippen molar-refractivity contribution in [2.75, 3.05) is 39.6 Å². The van der Waals surface area contributed by atoms with Gasteiger partial charge in [0.05, 0.1) is 26.4 Å². The Labute approximate surface area is 537 Å². The number of rotatable bonds is 68. The van der Waals surface area contributed by atoms with E-state index in [1.54, 1.807) is 0 Å². The van der Waals surface area contributed by atoms with Gasteiger partial charge in [0.25, 0.3) is 0 Å². The molecule has 522 valence electrons. The summed E-state index contributed by atoms with van der Waals surface area (Å²) in [6.45, 7) is 9.43. The first-order valence-corrected chi connectivity index (χ1v) is 39.0. The number of ether oxygens (including phenoxy) is 4. The monoisotopic (exact) mass is 1300 g/mol. The normalized spacial score (nSPS) is 14.5. The van der Waals surface area contributed by atoms with Gasteiger partial charge in [0, 0.05) is 25.7 Å². The first-order valence-electron chi connectivity index (χ1n) is 36.0. The quantitative estimate of drug-likeness (QED) is 0.0222. The van der Waals surface area contributed by atoms with Crippen LogP contribution in [-0.2, 0) is 65.4 Å². The number of carbonyl (C=O) groups excluding carboxylic acids is 4. The van der Waals surface area contributed by atoms with Crippen LogP contribution in [0, 0.1) is 11.8 Å². The highest BCUT2D eigenvalue weighted by Crippen LogP contribution is 2.45. The molecule has 0 aliphatic rings. The van der Waals surface area contributed by atoms with Gasteiger partial charge in [-0.3, -0.25) is 37.3 Å². The van der Waals surface area contributed by atoms with E-state index >= 15 is 0 Å². The minimum Gasteiger partial charge on any atom is -0.462 e. The first kappa shape index (κ1) is 86.1. The van der Waals surface area contributed by atoms with Gasteiger partial charge in [-0.25, -0.2) is 9.13 Å². The van der Waals surface area contributed by atoms with Crippen LogP contribution in [-0.4, -0.2) is 96.7 Å². The third-order valence-electron chi connectivity index (χ3n) is 16.3. The predicted octanol–water partition coefficient (Wildman–Crippen LogP) is 19.6. The van der Waals surface area contributed by atoms with Crippen molar-refractivity contribution in [2.24, 2.45) is 11.8 Å². The molecule has 0 aliphatic heterocycles. The fourth-order valence-electron chi connectivity index (χ4n) is 10.4. The summed E-state index contributed by atoms with van der Waals surface area (Å²) in [5.41, 5.74) is 0. The van der Waals surface area contributed by atoms with E-state index in [0.717, 1.165) is 108 Å². The summed E-state index contributed by atoms with van der Waals surface area (Å²) in [7, 11) is -9.87. The average Bonchev–Trinajstić information content (AvgIpc) is 3.61. The minimum absolute atomic E-state index is 0.0988. The lowest BCUT2D eigenvalue weighted by Crippen LogP contribution is -2.30. The van der Waals surface area contributed by atoms with Crippen LogP contribution < -0.4 is 0 Å². The van der Waals surface area contributed by atoms with Gasteiger partial charge in [0.1, 0.15) is 19.3 Å². The summed E-state index contributed by atoms with van der Waals surface area (Å²) in [5.74, 6) is -0.488. The van der Waals surface area contributed by atoms with E-state index in [1.807, 2.05) is 0 Å². The van der Waals surface area contributed by atoms with Crippen LogP contribution >= 0.6 is 15.6 Å². The molecule has 3 N–H and O–H groups in total. The summed E-state index contributed by atoms with van der Waals surface area (Å²) >= 11 is 0. The van der Waals surface area contributed by atoms with E-state index in [2.05, 4.69) is 41.5 Å². The fraction of sp³-hybridized carbons (Fsp3) is 0.942. The maximum atomic E-state index is 13.0. The number of phosphoric acid groups is 2. The Morgan fingerprint density at radius 2 is 0.580 bits per heavy atom. The zero-order valence-corrected chi connectivity index (χ0v) is 58.8. The molecule has 0 bridgehead atoms. The molecule has 0 fully saturated rings. The third kappa shape index (κ3) is 61.6. The Bertz CT molecular complexity index is 1720. The second kappa shape index (κ2) is 61.3. The lowest BCUT2D eigenvalue weighted by atomic mass is 9.99. The average molecular weight is 1300 g/mol. The molecule has 19 heteroatoms. The van der Waals surface area contributed by atoms with Gasteiger partial charge < -0.3 is 33.8 Å². The number of aliphatic hydroxyl groups excluding tert-OH is 1. The van der Waals surface area contributed by atoms with E-state index in [9.17, 15) is 43.2 Å². The summed E-state index contributed by atoms with van der Waals surface area (Å²) in [4.78, 5) is 71.9. The van der Waals surface area contributed by atoms with Crippen LogP contribution in [0.4, 0.5) is 0 Å². The smallest absolute Gasteiger partial charge is 0.462 e. The van der Waals surface area contributed by atoms with Gasteiger partial charge in [0.2, 0.25) is 0 Å². The molecule has 0 aromatic rings. The Kier molecular flexibility index (Phi) is 59.9. The minimum atomic E-state index is -4.95. The van der Waals surface area contributed by atoms with Gasteiger partial charge in [-0.1, -0.05) is 298 Å². The molecule has 0 aliphatic carbocycles. The molecule has 0 aromatic heterocycles. The highest BCUT2D eigenvalue weighted by Gasteiger charge is 2.30. The molecule has 0 spiro atoms. The van der Waals surface area contributed by atoms with Crippen LogP contribution in [0.2, 0.25) is 0 Å². The molecular formula is C69H134O17P2. The number of hydrogen-bond donors (Lipinski definition) is 3. The van der Waals surface area contributed by atoms with Crippen molar-refractivity contribution in [3.63, 3.8) is 0 Å². The number of phosphoric ester groups is 2. The van der Waals surface area contributed by atoms with Crippen molar-refractivity contribution in [2.45, 2.75) is 368 Å². The summed E-state index contributed by atoms with van der Waals surface area (Å²) < 4.78 is 67.7. The Morgan fingerprint density at radius 3 is 0.864 bits per heavy atom. The van der Waals surface area contributed by atoms with Gasteiger partial charge >= 0.3 is 39.5 Å². The number of aliphatic hydroxyl groups is 1. The van der Waals surface area contributed by atoms with E-state index in [1.165, 1.54) is 161 Å². The van der Waals surface area contributed by atoms with E-state index in [0.29, 0.717) is 25.7 Å². The maximum absolute atomic E-state index is 13.0. The molecule has 6 atom stereocenters. The van der Waals surface area contributed by atoms with E-state index in [-0.39, 0.29) is 25.7 Å². The zero-order chi connectivity index (χ0) is 65.0.